The molecular formula is C19H17Cl2NO3. The van der Waals surface area contributed by atoms with Crippen LogP contribution in [0.3, 0.4) is 0 Å². The molecule has 0 atom stereocenters. The quantitative estimate of drug-likeness (QED) is 0.541. The Bertz CT molecular complexity index is 835. The van der Waals surface area contributed by atoms with Crippen LogP contribution < -0.4 is 9.64 Å². The summed E-state index contributed by atoms with van der Waals surface area (Å²) >= 11 is 12.1. The van der Waals surface area contributed by atoms with E-state index in [-0.39, 0.29) is 0 Å². The number of aryl methyl sites for hydroxylation is 1. The number of amides is 1. The number of ketones is 1. The fourth-order valence-electron chi connectivity index (χ4n) is 2.79. The predicted octanol–water partition coefficient (Wildman–Crippen LogP) is 4.69. The number of hydrogen-bond acceptors (Lipinski definition) is 3. The molecule has 0 aromatic heterocycles. The van der Waals surface area contributed by atoms with Gasteiger partial charge in [-0.3, -0.25) is 9.59 Å². The minimum atomic E-state index is -0.516. The smallest absolute Gasteiger partial charge is 0.299 e. The maximum Gasteiger partial charge on any atom is 0.299 e. The molecule has 1 amide bonds. The normalized spacial score (nSPS) is 13.3. The van der Waals surface area contributed by atoms with Gasteiger partial charge in [-0.2, -0.15) is 0 Å². The van der Waals surface area contributed by atoms with Crippen molar-refractivity contribution in [3.05, 3.63) is 57.6 Å². The van der Waals surface area contributed by atoms with Crippen LogP contribution in [-0.2, 0) is 4.79 Å². The van der Waals surface area contributed by atoms with Crippen LogP contribution in [0.4, 0.5) is 5.69 Å². The van der Waals surface area contributed by atoms with Gasteiger partial charge in [-0.15, -0.1) is 0 Å². The molecule has 0 spiro atoms. The van der Waals surface area contributed by atoms with Gasteiger partial charge in [-0.05, 0) is 55.7 Å². The second kappa shape index (κ2) is 7.46. The van der Waals surface area contributed by atoms with Gasteiger partial charge in [-0.1, -0.05) is 29.3 Å². The van der Waals surface area contributed by atoms with Gasteiger partial charge in [0.1, 0.15) is 5.75 Å². The van der Waals surface area contributed by atoms with E-state index in [1.807, 2.05) is 19.1 Å². The van der Waals surface area contributed by atoms with E-state index in [1.165, 1.54) is 4.90 Å². The summed E-state index contributed by atoms with van der Waals surface area (Å²) in [5.41, 5.74) is 1.87. The average molecular weight is 378 g/mol. The summed E-state index contributed by atoms with van der Waals surface area (Å²) in [7, 11) is 0. The number of nitrogens with zero attached hydrogens (tertiary/aromatic N) is 1. The summed E-state index contributed by atoms with van der Waals surface area (Å²) in [6, 6.07) is 10.5. The molecule has 0 saturated carbocycles. The van der Waals surface area contributed by atoms with Gasteiger partial charge in [0, 0.05) is 11.6 Å². The van der Waals surface area contributed by atoms with E-state index in [4.69, 9.17) is 27.9 Å². The van der Waals surface area contributed by atoms with Crippen molar-refractivity contribution in [1.82, 2.24) is 0 Å². The molecule has 0 aliphatic carbocycles. The molecule has 25 heavy (non-hydrogen) atoms. The van der Waals surface area contributed by atoms with Crippen LogP contribution in [0.5, 0.6) is 5.75 Å². The molecule has 2 aromatic carbocycles. The Kier molecular flexibility index (Phi) is 5.30. The van der Waals surface area contributed by atoms with Crippen LogP contribution in [0.25, 0.3) is 0 Å². The first-order valence-corrected chi connectivity index (χ1v) is 8.78. The SMILES string of the molecule is Cc1cc(OCCCCN2C(=O)C(=O)c3cccc(Cl)c32)ccc1Cl. The first kappa shape index (κ1) is 17.8. The van der Waals surface area contributed by atoms with E-state index in [0.717, 1.165) is 17.7 Å². The summed E-state index contributed by atoms with van der Waals surface area (Å²) < 4.78 is 5.69. The summed E-state index contributed by atoms with van der Waals surface area (Å²) in [4.78, 5) is 25.6. The highest BCUT2D eigenvalue weighted by Crippen LogP contribution is 2.35. The number of para-hydroxylation sites is 1. The zero-order chi connectivity index (χ0) is 18.0. The molecule has 0 unspecified atom stereocenters. The molecule has 3 rings (SSSR count). The maximum absolute atomic E-state index is 12.1. The van der Waals surface area contributed by atoms with Crippen molar-refractivity contribution in [2.24, 2.45) is 0 Å². The first-order chi connectivity index (χ1) is 12.0. The Morgan fingerprint density at radius 3 is 2.60 bits per heavy atom. The Balaban J connectivity index is 1.54. The van der Waals surface area contributed by atoms with Gasteiger partial charge in [0.25, 0.3) is 11.7 Å². The van der Waals surface area contributed by atoms with Gasteiger partial charge in [0.15, 0.2) is 0 Å². The van der Waals surface area contributed by atoms with Gasteiger partial charge < -0.3 is 9.64 Å². The van der Waals surface area contributed by atoms with E-state index >= 15 is 0 Å². The van der Waals surface area contributed by atoms with Crippen LogP contribution in [-0.4, -0.2) is 24.8 Å². The molecule has 0 bridgehead atoms. The Hall–Kier alpha value is -2.04. The fourth-order valence-corrected chi connectivity index (χ4v) is 3.19. The second-order valence-electron chi connectivity index (χ2n) is 5.89. The number of benzene rings is 2. The van der Waals surface area contributed by atoms with E-state index < -0.39 is 11.7 Å². The van der Waals surface area contributed by atoms with E-state index in [0.29, 0.717) is 40.9 Å². The number of fused-ring (bicyclic) bond motifs is 1. The van der Waals surface area contributed by atoms with Gasteiger partial charge in [0.05, 0.1) is 22.9 Å². The molecule has 1 aliphatic heterocycles. The minimum absolute atomic E-state index is 0.380. The first-order valence-electron chi connectivity index (χ1n) is 8.02. The summed E-state index contributed by atoms with van der Waals surface area (Å²) in [5.74, 6) is -0.245. The lowest BCUT2D eigenvalue weighted by molar-refractivity contribution is -0.114. The van der Waals surface area contributed by atoms with Gasteiger partial charge >= 0.3 is 0 Å². The number of unbranched alkanes of at least 4 members (excludes halogenated alkanes) is 1. The molecule has 0 fully saturated rings. The highest BCUT2D eigenvalue weighted by Gasteiger charge is 2.36. The molecular weight excluding hydrogens is 361 g/mol. The number of rotatable bonds is 6. The van der Waals surface area contributed by atoms with Crippen molar-refractivity contribution in [3.63, 3.8) is 0 Å². The molecule has 1 aliphatic rings. The zero-order valence-electron chi connectivity index (χ0n) is 13.7. The molecule has 2 aromatic rings. The van der Waals surface area contributed by atoms with Crippen molar-refractivity contribution >= 4 is 40.6 Å². The second-order valence-corrected chi connectivity index (χ2v) is 6.70. The minimum Gasteiger partial charge on any atom is -0.494 e. The summed E-state index contributed by atoms with van der Waals surface area (Å²) in [5, 5.41) is 1.13. The highest BCUT2D eigenvalue weighted by molar-refractivity contribution is 6.54. The number of carbonyl (C=O) groups is 2. The monoisotopic (exact) mass is 377 g/mol. The number of carbonyl (C=O) groups excluding carboxylic acids is 2. The Labute approximate surface area is 156 Å². The number of Topliss-reactive ketones (excluding diaryl/α,β-unsaturated/α-hetero) is 1. The lowest BCUT2D eigenvalue weighted by Crippen LogP contribution is -2.31. The Morgan fingerprint density at radius 2 is 1.84 bits per heavy atom. The van der Waals surface area contributed by atoms with Crippen LogP contribution >= 0.6 is 23.2 Å². The van der Waals surface area contributed by atoms with Crippen molar-refractivity contribution in [1.29, 1.82) is 0 Å². The number of hydrogen-bond donors (Lipinski definition) is 0. The number of anilines is 1. The summed E-state index contributed by atoms with van der Waals surface area (Å²) in [6.45, 7) is 2.88. The lowest BCUT2D eigenvalue weighted by Gasteiger charge is -2.17. The molecule has 6 heteroatoms. The average Bonchev–Trinajstić information content (AvgIpc) is 2.84. The van der Waals surface area contributed by atoms with E-state index in [2.05, 4.69) is 0 Å². The standard InChI is InChI=1S/C19H17Cl2NO3/c1-12-11-13(7-8-15(12)20)25-10-3-2-9-22-17-14(18(23)19(22)24)5-4-6-16(17)21/h4-8,11H,2-3,9-10H2,1H3. The van der Waals surface area contributed by atoms with Crippen molar-refractivity contribution in [2.75, 3.05) is 18.1 Å². The third-order valence-electron chi connectivity index (χ3n) is 4.11. The maximum atomic E-state index is 12.1. The third kappa shape index (κ3) is 3.65. The van der Waals surface area contributed by atoms with E-state index in [1.54, 1.807) is 24.3 Å². The number of halogens is 2. The van der Waals surface area contributed by atoms with Crippen molar-refractivity contribution in [3.8, 4) is 5.75 Å². The largest absolute Gasteiger partial charge is 0.494 e. The predicted molar refractivity (Wildman–Crippen MR) is 99.1 cm³/mol. The molecule has 130 valence electrons. The topological polar surface area (TPSA) is 46.6 Å². The van der Waals surface area contributed by atoms with E-state index in [9.17, 15) is 9.59 Å². The molecule has 0 radical (unpaired) electrons. The Morgan fingerprint density at radius 1 is 1.04 bits per heavy atom. The molecule has 0 saturated heterocycles. The van der Waals surface area contributed by atoms with Crippen LogP contribution in [0.15, 0.2) is 36.4 Å². The molecule has 4 nitrogen and oxygen atoms in total. The zero-order valence-corrected chi connectivity index (χ0v) is 15.2. The third-order valence-corrected chi connectivity index (χ3v) is 4.84. The van der Waals surface area contributed by atoms with Crippen LogP contribution in [0.2, 0.25) is 10.0 Å². The van der Waals surface area contributed by atoms with Crippen LogP contribution in [0, 0.1) is 6.92 Å². The molecule has 0 N–H and O–H groups in total. The van der Waals surface area contributed by atoms with Gasteiger partial charge in [-0.25, -0.2) is 0 Å². The summed E-state index contributed by atoms with van der Waals surface area (Å²) in [6.07, 6.45) is 1.45. The van der Waals surface area contributed by atoms with Gasteiger partial charge in [0.2, 0.25) is 0 Å². The van der Waals surface area contributed by atoms with Crippen molar-refractivity contribution < 1.29 is 14.3 Å². The highest BCUT2D eigenvalue weighted by atomic mass is 35.5. The lowest BCUT2D eigenvalue weighted by atomic mass is 10.1. The number of ether oxygens (including phenoxy) is 1. The fraction of sp³-hybridized carbons (Fsp3) is 0.263. The van der Waals surface area contributed by atoms with Crippen LogP contribution in [0.1, 0.15) is 28.8 Å². The van der Waals surface area contributed by atoms with Crippen molar-refractivity contribution in [2.45, 2.75) is 19.8 Å². The molecule has 1 heterocycles.